The molecule has 0 saturated heterocycles. The van der Waals surface area contributed by atoms with Crippen LogP contribution in [0.3, 0.4) is 0 Å². The third-order valence-electron chi connectivity index (χ3n) is 2.81. The van der Waals surface area contributed by atoms with Crippen molar-refractivity contribution in [2.45, 2.75) is 19.9 Å². The first-order valence-corrected chi connectivity index (χ1v) is 6.75. The zero-order chi connectivity index (χ0) is 15.1. The van der Waals surface area contributed by atoms with Crippen LogP contribution in [0.4, 0.5) is 11.5 Å². The second-order valence-corrected chi connectivity index (χ2v) is 4.48. The van der Waals surface area contributed by atoms with Gasteiger partial charge in [0.15, 0.2) is 11.6 Å². The Morgan fingerprint density at radius 2 is 2.19 bits per heavy atom. The van der Waals surface area contributed by atoms with Crippen molar-refractivity contribution < 1.29 is 9.66 Å². The molecule has 1 aromatic carbocycles. The minimum Gasteiger partial charge on any atom is -0.490 e. The maximum atomic E-state index is 10.8. The number of ether oxygens (including phenoxy) is 1. The molecule has 0 bridgehead atoms. The largest absolute Gasteiger partial charge is 0.490 e. The van der Waals surface area contributed by atoms with E-state index in [4.69, 9.17) is 4.74 Å². The van der Waals surface area contributed by atoms with Gasteiger partial charge >= 0.3 is 0 Å². The minimum atomic E-state index is -0.403. The van der Waals surface area contributed by atoms with Gasteiger partial charge in [0, 0.05) is 24.9 Å². The SMILES string of the molecule is CCCOc1cccnc1NCc1cccc([N+](=O)[O-])c1. The molecule has 0 fully saturated rings. The number of pyridine rings is 1. The molecular formula is C15H17N3O3. The highest BCUT2D eigenvalue weighted by molar-refractivity contribution is 5.50. The predicted octanol–water partition coefficient (Wildman–Crippen LogP) is 3.39. The van der Waals surface area contributed by atoms with Crippen LogP contribution in [0, 0.1) is 10.1 Å². The number of hydrogen-bond acceptors (Lipinski definition) is 5. The number of anilines is 1. The van der Waals surface area contributed by atoms with E-state index >= 15 is 0 Å². The molecule has 0 aliphatic heterocycles. The third kappa shape index (κ3) is 4.17. The lowest BCUT2D eigenvalue weighted by molar-refractivity contribution is -0.384. The number of hydrogen-bond donors (Lipinski definition) is 1. The molecule has 0 unspecified atom stereocenters. The summed E-state index contributed by atoms with van der Waals surface area (Å²) in [5.41, 5.74) is 0.897. The zero-order valence-electron chi connectivity index (χ0n) is 11.8. The zero-order valence-corrected chi connectivity index (χ0v) is 11.8. The van der Waals surface area contributed by atoms with Gasteiger partial charge < -0.3 is 10.1 Å². The van der Waals surface area contributed by atoms with Crippen molar-refractivity contribution in [2.75, 3.05) is 11.9 Å². The van der Waals surface area contributed by atoms with Crippen LogP contribution in [-0.4, -0.2) is 16.5 Å². The van der Waals surface area contributed by atoms with E-state index in [-0.39, 0.29) is 5.69 Å². The fourth-order valence-corrected chi connectivity index (χ4v) is 1.82. The molecule has 1 heterocycles. The van der Waals surface area contributed by atoms with E-state index in [1.165, 1.54) is 6.07 Å². The van der Waals surface area contributed by atoms with E-state index in [9.17, 15) is 10.1 Å². The summed E-state index contributed by atoms with van der Waals surface area (Å²) in [5.74, 6) is 1.32. The molecule has 0 spiro atoms. The lowest BCUT2D eigenvalue weighted by Gasteiger charge is -2.11. The summed E-state index contributed by atoms with van der Waals surface area (Å²) >= 11 is 0. The van der Waals surface area contributed by atoms with Gasteiger partial charge in [-0.2, -0.15) is 0 Å². The molecule has 1 N–H and O–H groups in total. The van der Waals surface area contributed by atoms with Crippen LogP contribution in [-0.2, 0) is 6.54 Å². The average molecular weight is 287 g/mol. The predicted molar refractivity (Wildman–Crippen MR) is 80.4 cm³/mol. The molecule has 1 aromatic heterocycles. The fourth-order valence-electron chi connectivity index (χ4n) is 1.82. The summed E-state index contributed by atoms with van der Waals surface area (Å²) in [7, 11) is 0. The van der Waals surface area contributed by atoms with E-state index in [1.54, 1.807) is 18.3 Å². The highest BCUT2D eigenvalue weighted by atomic mass is 16.6. The van der Waals surface area contributed by atoms with E-state index in [0.29, 0.717) is 24.7 Å². The topological polar surface area (TPSA) is 77.3 Å². The Balaban J connectivity index is 2.06. The van der Waals surface area contributed by atoms with E-state index in [0.717, 1.165) is 12.0 Å². The summed E-state index contributed by atoms with van der Waals surface area (Å²) < 4.78 is 5.60. The van der Waals surface area contributed by atoms with Crippen LogP contribution in [0.1, 0.15) is 18.9 Å². The van der Waals surface area contributed by atoms with E-state index in [1.807, 2.05) is 25.1 Å². The Kier molecular flexibility index (Phi) is 5.09. The van der Waals surface area contributed by atoms with Crippen molar-refractivity contribution in [3.63, 3.8) is 0 Å². The second-order valence-electron chi connectivity index (χ2n) is 4.48. The molecule has 2 rings (SSSR count). The lowest BCUT2D eigenvalue weighted by atomic mass is 10.2. The molecule has 0 saturated carbocycles. The van der Waals surface area contributed by atoms with Crippen molar-refractivity contribution >= 4 is 11.5 Å². The van der Waals surface area contributed by atoms with Crippen molar-refractivity contribution in [2.24, 2.45) is 0 Å². The first-order valence-electron chi connectivity index (χ1n) is 6.75. The van der Waals surface area contributed by atoms with Crippen LogP contribution in [0.15, 0.2) is 42.6 Å². The number of rotatable bonds is 7. The van der Waals surface area contributed by atoms with Gasteiger partial charge in [-0.15, -0.1) is 0 Å². The standard InChI is InChI=1S/C15H17N3O3/c1-2-9-21-14-7-4-8-16-15(14)17-11-12-5-3-6-13(10-12)18(19)20/h3-8,10H,2,9,11H2,1H3,(H,16,17). The average Bonchev–Trinajstić information content (AvgIpc) is 2.52. The monoisotopic (exact) mass is 287 g/mol. The third-order valence-corrected chi connectivity index (χ3v) is 2.81. The number of nitrogens with zero attached hydrogens (tertiary/aromatic N) is 2. The molecule has 0 aliphatic rings. The number of nitro benzene ring substituents is 1. The van der Waals surface area contributed by atoms with Crippen molar-refractivity contribution in [3.05, 3.63) is 58.3 Å². The summed E-state index contributed by atoms with van der Waals surface area (Å²) in [6.07, 6.45) is 2.59. The molecule has 0 amide bonds. The Labute approximate surface area is 122 Å². The molecule has 110 valence electrons. The van der Waals surface area contributed by atoms with Crippen LogP contribution < -0.4 is 10.1 Å². The van der Waals surface area contributed by atoms with Crippen LogP contribution in [0.2, 0.25) is 0 Å². The summed E-state index contributed by atoms with van der Waals surface area (Å²) in [4.78, 5) is 14.6. The molecule has 6 heteroatoms. The van der Waals surface area contributed by atoms with Gasteiger partial charge in [-0.25, -0.2) is 4.98 Å². The number of non-ortho nitro benzene ring substituents is 1. The van der Waals surface area contributed by atoms with Gasteiger partial charge in [-0.05, 0) is 24.1 Å². The quantitative estimate of drug-likeness (QED) is 0.624. The molecule has 2 aromatic rings. The van der Waals surface area contributed by atoms with E-state index < -0.39 is 4.92 Å². The molecule has 0 radical (unpaired) electrons. The molecule has 6 nitrogen and oxygen atoms in total. The Bertz CT molecular complexity index is 617. The van der Waals surface area contributed by atoms with Gasteiger partial charge in [0.05, 0.1) is 11.5 Å². The number of benzene rings is 1. The highest BCUT2D eigenvalue weighted by Gasteiger charge is 2.07. The number of nitro groups is 1. The second kappa shape index (κ2) is 7.23. The Hall–Kier alpha value is -2.63. The van der Waals surface area contributed by atoms with E-state index in [2.05, 4.69) is 10.3 Å². The van der Waals surface area contributed by atoms with Crippen molar-refractivity contribution in [1.29, 1.82) is 0 Å². The van der Waals surface area contributed by atoms with Gasteiger partial charge in [0.25, 0.3) is 5.69 Å². The maximum Gasteiger partial charge on any atom is 0.269 e. The molecular weight excluding hydrogens is 270 g/mol. The molecule has 21 heavy (non-hydrogen) atoms. The first kappa shape index (κ1) is 14.8. The van der Waals surface area contributed by atoms with Gasteiger partial charge in [-0.3, -0.25) is 10.1 Å². The highest BCUT2D eigenvalue weighted by Crippen LogP contribution is 2.22. The van der Waals surface area contributed by atoms with Crippen molar-refractivity contribution in [1.82, 2.24) is 4.98 Å². The summed E-state index contributed by atoms with van der Waals surface area (Å²) in [6, 6.07) is 10.2. The maximum absolute atomic E-state index is 10.8. The normalized spacial score (nSPS) is 10.1. The Morgan fingerprint density at radius 1 is 1.33 bits per heavy atom. The number of nitrogens with one attached hydrogen (secondary N) is 1. The Morgan fingerprint density at radius 3 is 2.95 bits per heavy atom. The molecule has 0 aliphatic carbocycles. The van der Waals surface area contributed by atoms with Gasteiger partial charge in [0.2, 0.25) is 0 Å². The smallest absolute Gasteiger partial charge is 0.269 e. The summed E-state index contributed by atoms with van der Waals surface area (Å²) in [6.45, 7) is 3.10. The lowest BCUT2D eigenvalue weighted by Crippen LogP contribution is -2.05. The van der Waals surface area contributed by atoms with Crippen LogP contribution >= 0.6 is 0 Å². The molecule has 0 atom stereocenters. The fraction of sp³-hybridized carbons (Fsp3) is 0.267. The van der Waals surface area contributed by atoms with Crippen LogP contribution in [0.5, 0.6) is 5.75 Å². The van der Waals surface area contributed by atoms with Crippen LogP contribution in [0.25, 0.3) is 0 Å². The number of aromatic nitrogens is 1. The first-order chi connectivity index (χ1) is 10.2. The minimum absolute atomic E-state index is 0.0813. The summed E-state index contributed by atoms with van der Waals surface area (Å²) in [5, 5.41) is 13.9. The van der Waals surface area contributed by atoms with Gasteiger partial charge in [-0.1, -0.05) is 19.1 Å². The van der Waals surface area contributed by atoms with Gasteiger partial charge in [0.1, 0.15) is 0 Å². The van der Waals surface area contributed by atoms with Crippen molar-refractivity contribution in [3.8, 4) is 5.75 Å².